The van der Waals surface area contributed by atoms with Gasteiger partial charge in [0.25, 0.3) is 5.91 Å². The first-order valence-electron chi connectivity index (χ1n) is 9.61. The fourth-order valence-electron chi connectivity index (χ4n) is 3.26. The lowest BCUT2D eigenvalue weighted by molar-refractivity contribution is 0.100. The van der Waals surface area contributed by atoms with Gasteiger partial charge in [-0.15, -0.1) is 0 Å². The van der Waals surface area contributed by atoms with Crippen LogP contribution in [0.4, 0.5) is 28.8 Å². The highest BCUT2D eigenvalue weighted by Crippen LogP contribution is 2.27. The first-order valence-corrected chi connectivity index (χ1v) is 9.99. The number of nitrogens with two attached hydrogens (primary N) is 1. The highest BCUT2D eigenvalue weighted by Gasteiger charge is 2.12. The Morgan fingerprint density at radius 3 is 2.53 bits per heavy atom. The summed E-state index contributed by atoms with van der Waals surface area (Å²) in [6.07, 6.45) is 1.50. The second kappa shape index (κ2) is 8.98. The number of hydrogen-bond donors (Lipinski definition) is 4. The summed E-state index contributed by atoms with van der Waals surface area (Å²) in [5.41, 5.74) is 8.36. The van der Waals surface area contributed by atoms with E-state index in [1.165, 1.54) is 11.9 Å². The van der Waals surface area contributed by atoms with Crippen LogP contribution in [0.15, 0.2) is 54.7 Å². The molecule has 0 aliphatic carbocycles. The third-order valence-corrected chi connectivity index (χ3v) is 5.07. The number of hydrogen-bond acceptors (Lipinski definition) is 7. The summed E-state index contributed by atoms with van der Waals surface area (Å²) < 4.78 is 0. The molecule has 30 heavy (non-hydrogen) atoms. The van der Waals surface area contributed by atoms with E-state index in [2.05, 4.69) is 43.0 Å². The van der Waals surface area contributed by atoms with Gasteiger partial charge in [-0.1, -0.05) is 23.7 Å². The van der Waals surface area contributed by atoms with Crippen LogP contribution in [-0.4, -0.2) is 42.1 Å². The van der Waals surface area contributed by atoms with Crippen LogP contribution >= 0.6 is 11.6 Å². The van der Waals surface area contributed by atoms with Gasteiger partial charge in [-0.25, -0.2) is 4.98 Å². The molecule has 2 aromatic carbocycles. The second-order valence-corrected chi connectivity index (χ2v) is 7.24. The zero-order valence-electron chi connectivity index (χ0n) is 16.2. The minimum Gasteiger partial charge on any atom is -0.369 e. The number of aromatic nitrogens is 2. The van der Waals surface area contributed by atoms with Crippen molar-refractivity contribution in [2.45, 2.75) is 0 Å². The summed E-state index contributed by atoms with van der Waals surface area (Å²) in [4.78, 5) is 22.7. The van der Waals surface area contributed by atoms with E-state index < -0.39 is 5.91 Å². The zero-order chi connectivity index (χ0) is 20.9. The van der Waals surface area contributed by atoms with Gasteiger partial charge in [-0.2, -0.15) is 4.98 Å². The number of carbonyl (C=O) groups excluding carboxylic acids is 1. The highest BCUT2D eigenvalue weighted by molar-refractivity contribution is 6.33. The molecule has 2 heterocycles. The number of primary amides is 1. The van der Waals surface area contributed by atoms with E-state index in [0.29, 0.717) is 28.0 Å². The Hall–Kier alpha value is -3.36. The van der Waals surface area contributed by atoms with E-state index in [1.54, 1.807) is 24.3 Å². The predicted octanol–water partition coefficient (Wildman–Crippen LogP) is 3.13. The average molecular weight is 424 g/mol. The number of halogens is 1. The first kappa shape index (κ1) is 19.9. The van der Waals surface area contributed by atoms with Crippen molar-refractivity contribution in [3.63, 3.8) is 0 Å². The van der Waals surface area contributed by atoms with Crippen molar-refractivity contribution >= 4 is 46.3 Å². The van der Waals surface area contributed by atoms with E-state index in [4.69, 9.17) is 17.3 Å². The van der Waals surface area contributed by atoms with E-state index in [0.717, 1.165) is 31.9 Å². The van der Waals surface area contributed by atoms with Crippen molar-refractivity contribution in [2.24, 2.45) is 5.73 Å². The number of nitrogens with zero attached hydrogens (tertiary/aromatic N) is 3. The van der Waals surface area contributed by atoms with Gasteiger partial charge in [-0.05, 0) is 36.4 Å². The summed E-state index contributed by atoms with van der Waals surface area (Å²) in [6.45, 7) is 3.98. The van der Waals surface area contributed by atoms with Crippen LogP contribution in [0, 0.1) is 0 Å². The van der Waals surface area contributed by atoms with Crippen LogP contribution < -0.4 is 26.6 Å². The Bertz CT molecular complexity index is 1040. The molecule has 0 bridgehead atoms. The summed E-state index contributed by atoms with van der Waals surface area (Å²) >= 11 is 6.25. The van der Waals surface area contributed by atoms with Gasteiger partial charge in [0.1, 0.15) is 5.02 Å². The minimum atomic E-state index is -0.536. The van der Waals surface area contributed by atoms with E-state index in [-0.39, 0.29) is 0 Å². The molecule has 0 atom stereocenters. The molecule has 1 saturated heterocycles. The standard InChI is InChI=1S/C21H22ClN7O/c22-17-13-25-21(28-20(17)27-18-4-2-1-3-16(18)19(23)30)26-14-5-7-15(8-6-14)29-11-9-24-10-12-29/h1-8,13,24H,9-12H2,(H2,23,30)(H2,25,26,27,28). The van der Waals surface area contributed by atoms with Crippen LogP contribution in [0.5, 0.6) is 0 Å². The van der Waals surface area contributed by atoms with Crippen LogP contribution in [0.2, 0.25) is 5.02 Å². The van der Waals surface area contributed by atoms with Crippen LogP contribution in [-0.2, 0) is 0 Å². The summed E-state index contributed by atoms with van der Waals surface area (Å²) in [5, 5.41) is 9.93. The average Bonchev–Trinajstić information content (AvgIpc) is 2.77. The highest BCUT2D eigenvalue weighted by atomic mass is 35.5. The van der Waals surface area contributed by atoms with Gasteiger partial charge in [0.15, 0.2) is 5.82 Å². The first-order chi connectivity index (χ1) is 14.6. The van der Waals surface area contributed by atoms with Crippen molar-refractivity contribution in [3.8, 4) is 0 Å². The number of carbonyl (C=O) groups is 1. The topological polar surface area (TPSA) is 108 Å². The molecule has 1 aliphatic heterocycles. The molecule has 9 heteroatoms. The molecule has 3 aromatic rings. The van der Waals surface area contributed by atoms with Crippen LogP contribution in [0.25, 0.3) is 0 Å². The normalized spacial score (nSPS) is 13.7. The lowest BCUT2D eigenvalue weighted by atomic mass is 10.1. The second-order valence-electron chi connectivity index (χ2n) is 6.83. The van der Waals surface area contributed by atoms with Crippen LogP contribution in [0.3, 0.4) is 0 Å². The van der Waals surface area contributed by atoms with Crippen molar-refractivity contribution in [1.82, 2.24) is 15.3 Å². The number of para-hydroxylation sites is 1. The Morgan fingerprint density at radius 1 is 1.07 bits per heavy atom. The molecule has 5 N–H and O–H groups in total. The third kappa shape index (κ3) is 4.61. The van der Waals surface area contributed by atoms with Crippen molar-refractivity contribution < 1.29 is 4.79 Å². The van der Waals surface area contributed by atoms with Crippen LogP contribution in [0.1, 0.15) is 10.4 Å². The van der Waals surface area contributed by atoms with Gasteiger partial charge in [-0.3, -0.25) is 4.79 Å². The van der Waals surface area contributed by atoms with Gasteiger partial charge < -0.3 is 26.6 Å². The maximum atomic E-state index is 11.6. The van der Waals surface area contributed by atoms with Gasteiger partial charge in [0.05, 0.1) is 17.4 Å². The summed E-state index contributed by atoms with van der Waals surface area (Å²) in [6, 6.07) is 15.0. The number of anilines is 5. The molecule has 0 spiro atoms. The Balaban J connectivity index is 1.50. The number of benzene rings is 2. The number of rotatable bonds is 6. The molecule has 1 amide bonds. The fraction of sp³-hybridized carbons (Fsp3) is 0.190. The van der Waals surface area contributed by atoms with E-state index >= 15 is 0 Å². The summed E-state index contributed by atoms with van der Waals surface area (Å²) in [7, 11) is 0. The van der Waals surface area contributed by atoms with Gasteiger partial charge in [0.2, 0.25) is 5.95 Å². The third-order valence-electron chi connectivity index (χ3n) is 4.80. The molecule has 1 aliphatic rings. The molecular formula is C21H22ClN7O. The van der Waals surface area contributed by atoms with Crippen molar-refractivity contribution in [2.75, 3.05) is 41.7 Å². The molecular weight excluding hydrogens is 402 g/mol. The lowest BCUT2D eigenvalue weighted by Crippen LogP contribution is -2.43. The fourth-order valence-corrected chi connectivity index (χ4v) is 3.40. The van der Waals surface area contributed by atoms with Crippen molar-refractivity contribution in [3.05, 3.63) is 65.3 Å². The molecule has 0 unspecified atom stereocenters. The predicted molar refractivity (Wildman–Crippen MR) is 120 cm³/mol. The molecule has 0 radical (unpaired) electrons. The molecule has 1 fully saturated rings. The maximum absolute atomic E-state index is 11.6. The maximum Gasteiger partial charge on any atom is 0.250 e. The molecule has 4 rings (SSSR count). The number of piperazine rings is 1. The monoisotopic (exact) mass is 423 g/mol. The minimum absolute atomic E-state index is 0.328. The number of nitrogens with one attached hydrogen (secondary N) is 3. The molecule has 1 aromatic heterocycles. The Labute approximate surface area is 179 Å². The van der Waals surface area contributed by atoms with E-state index in [1.807, 2.05) is 12.1 Å². The largest absolute Gasteiger partial charge is 0.369 e. The molecule has 8 nitrogen and oxygen atoms in total. The van der Waals surface area contributed by atoms with Gasteiger partial charge in [0, 0.05) is 37.6 Å². The number of amides is 1. The lowest BCUT2D eigenvalue weighted by Gasteiger charge is -2.29. The SMILES string of the molecule is NC(=O)c1ccccc1Nc1nc(Nc2ccc(N3CCNCC3)cc2)ncc1Cl. The quantitative estimate of drug-likeness (QED) is 0.482. The Morgan fingerprint density at radius 2 is 1.80 bits per heavy atom. The van der Waals surface area contributed by atoms with Crippen molar-refractivity contribution in [1.29, 1.82) is 0 Å². The molecule has 0 saturated carbocycles. The smallest absolute Gasteiger partial charge is 0.250 e. The zero-order valence-corrected chi connectivity index (χ0v) is 17.0. The summed E-state index contributed by atoms with van der Waals surface area (Å²) in [5.74, 6) is 0.222. The Kier molecular flexibility index (Phi) is 5.97. The van der Waals surface area contributed by atoms with E-state index in [9.17, 15) is 4.79 Å². The molecule has 154 valence electrons. The van der Waals surface area contributed by atoms with Gasteiger partial charge >= 0.3 is 0 Å².